The van der Waals surface area contributed by atoms with E-state index in [2.05, 4.69) is 10.2 Å². The predicted octanol–water partition coefficient (Wildman–Crippen LogP) is 2.61. The molecule has 1 atom stereocenters. The Balaban J connectivity index is 1.68. The summed E-state index contributed by atoms with van der Waals surface area (Å²) in [5.41, 5.74) is 0.0351. The highest BCUT2D eigenvalue weighted by Crippen LogP contribution is 2.24. The molecule has 1 aliphatic rings. The fraction of sp³-hybridized carbons (Fsp3) is 0.471. The van der Waals surface area contributed by atoms with Crippen molar-refractivity contribution in [2.45, 2.75) is 32.3 Å². The van der Waals surface area contributed by atoms with Crippen LogP contribution in [0, 0.1) is 11.6 Å². The van der Waals surface area contributed by atoms with Crippen molar-refractivity contribution in [3.8, 4) is 0 Å². The normalized spacial score (nSPS) is 18.0. The number of morpholine rings is 1. The van der Waals surface area contributed by atoms with Crippen LogP contribution in [0.2, 0.25) is 0 Å². The van der Waals surface area contributed by atoms with E-state index in [-0.39, 0.29) is 30.4 Å². The van der Waals surface area contributed by atoms with Crippen molar-refractivity contribution in [3.05, 3.63) is 47.2 Å². The predicted molar refractivity (Wildman–Crippen MR) is 83.7 cm³/mol. The highest BCUT2D eigenvalue weighted by atomic mass is 19.2. The summed E-state index contributed by atoms with van der Waals surface area (Å²) in [5.74, 6) is -1.33. The molecule has 8 heteroatoms. The van der Waals surface area contributed by atoms with Crippen LogP contribution in [0.5, 0.6) is 0 Å². The molecule has 25 heavy (non-hydrogen) atoms. The summed E-state index contributed by atoms with van der Waals surface area (Å²) in [6.45, 7) is 4.78. The summed E-state index contributed by atoms with van der Waals surface area (Å²) >= 11 is 0. The standard InChI is InChI=1S/C17H19F2N3O3/c1-10(2)16-20-21-17(25-16)13-9-22(6-7-24-13)14(23)8-11-4-3-5-12(18)15(11)19/h3-5,10,13H,6-9H2,1-2H3/t13-/m0/s1. The maximum atomic E-state index is 13.7. The molecule has 0 N–H and O–H groups in total. The monoisotopic (exact) mass is 351 g/mol. The van der Waals surface area contributed by atoms with Crippen LogP contribution >= 0.6 is 0 Å². The molecule has 6 nitrogen and oxygen atoms in total. The molecule has 1 aromatic heterocycles. The number of nitrogens with zero attached hydrogens (tertiary/aromatic N) is 3. The molecule has 134 valence electrons. The molecule has 0 unspecified atom stereocenters. The minimum absolute atomic E-state index is 0.0351. The van der Waals surface area contributed by atoms with Gasteiger partial charge in [0.2, 0.25) is 17.7 Å². The minimum atomic E-state index is -0.987. The Hall–Kier alpha value is -2.35. The molecule has 1 amide bonds. The van der Waals surface area contributed by atoms with Gasteiger partial charge in [-0.1, -0.05) is 26.0 Å². The number of halogens is 2. The summed E-state index contributed by atoms with van der Waals surface area (Å²) in [4.78, 5) is 14.0. The van der Waals surface area contributed by atoms with Gasteiger partial charge in [0.15, 0.2) is 17.7 Å². The SMILES string of the molecule is CC(C)c1nnc([C@@H]2CN(C(=O)Cc3cccc(F)c3F)CCO2)o1. The van der Waals surface area contributed by atoms with Crippen LogP contribution in [0.3, 0.4) is 0 Å². The van der Waals surface area contributed by atoms with Gasteiger partial charge < -0.3 is 14.1 Å². The zero-order valence-corrected chi connectivity index (χ0v) is 14.0. The lowest BCUT2D eigenvalue weighted by Gasteiger charge is -2.31. The van der Waals surface area contributed by atoms with Crippen LogP contribution in [-0.4, -0.2) is 40.7 Å². The number of benzene rings is 1. The second-order valence-electron chi connectivity index (χ2n) is 6.22. The Kier molecular flexibility index (Phi) is 5.08. The van der Waals surface area contributed by atoms with Crippen molar-refractivity contribution < 1.29 is 22.7 Å². The second kappa shape index (κ2) is 7.26. The summed E-state index contributed by atoms with van der Waals surface area (Å²) < 4.78 is 38.2. The maximum absolute atomic E-state index is 13.7. The molecule has 1 fully saturated rings. The van der Waals surface area contributed by atoms with Crippen molar-refractivity contribution >= 4 is 5.91 Å². The molecule has 0 bridgehead atoms. The lowest BCUT2D eigenvalue weighted by molar-refractivity contribution is -0.139. The summed E-state index contributed by atoms with van der Waals surface area (Å²) in [6.07, 6.45) is -0.729. The first-order valence-electron chi connectivity index (χ1n) is 8.11. The fourth-order valence-corrected chi connectivity index (χ4v) is 2.59. The van der Waals surface area contributed by atoms with E-state index in [0.717, 1.165) is 6.07 Å². The summed E-state index contributed by atoms with van der Waals surface area (Å²) in [5, 5.41) is 7.93. The van der Waals surface area contributed by atoms with Crippen LogP contribution in [0.4, 0.5) is 8.78 Å². The topological polar surface area (TPSA) is 68.5 Å². The number of carbonyl (C=O) groups is 1. The van der Waals surface area contributed by atoms with Gasteiger partial charge in [-0.3, -0.25) is 4.79 Å². The largest absolute Gasteiger partial charge is 0.422 e. The third kappa shape index (κ3) is 3.84. The van der Waals surface area contributed by atoms with Crippen molar-refractivity contribution in [1.29, 1.82) is 0 Å². The number of rotatable bonds is 4. The number of ether oxygens (including phenoxy) is 1. The van der Waals surface area contributed by atoms with E-state index in [4.69, 9.17) is 9.15 Å². The molecule has 0 spiro atoms. The van der Waals surface area contributed by atoms with Gasteiger partial charge in [0, 0.05) is 18.0 Å². The van der Waals surface area contributed by atoms with Gasteiger partial charge in [0.25, 0.3) is 0 Å². The number of hydrogen-bond donors (Lipinski definition) is 0. The molecule has 1 aliphatic heterocycles. The third-order valence-electron chi connectivity index (χ3n) is 4.02. The van der Waals surface area contributed by atoms with Crippen LogP contribution in [0.25, 0.3) is 0 Å². The number of amides is 1. The van der Waals surface area contributed by atoms with E-state index in [1.807, 2.05) is 13.8 Å². The van der Waals surface area contributed by atoms with Gasteiger partial charge >= 0.3 is 0 Å². The average molecular weight is 351 g/mol. The Morgan fingerprint density at radius 2 is 2.16 bits per heavy atom. The van der Waals surface area contributed by atoms with Crippen molar-refractivity contribution in [3.63, 3.8) is 0 Å². The summed E-state index contributed by atoms with van der Waals surface area (Å²) in [7, 11) is 0. The first kappa shape index (κ1) is 17.5. The zero-order valence-electron chi connectivity index (χ0n) is 14.0. The van der Waals surface area contributed by atoms with Crippen molar-refractivity contribution in [2.75, 3.05) is 19.7 Å². The van der Waals surface area contributed by atoms with Crippen LogP contribution < -0.4 is 0 Å². The molecule has 1 aromatic carbocycles. The molecule has 3 rings (SSSR count). The lowest BCUT2D eigenvalue weighted by Crippen LogP contribution is -2.43. The van der Waals surface area contributed by atoms with Gasteiger partial charge in [0.05, 0.1) is 19.6 Å². The van der Waals surface area contributed by atoms with Crippen LogP contribution in [0.1, 0.15) is 43.2 Å². The lowest BCUT2D eigenvalue weighted by atomic mass is 10.1. The molecule has 0 saturated carbocycles. The van der Waals surface area contributed by atoms with E-state index in [0.29, 0.717) is 24.9 Å². The van der Waals surface area contributed by atoms with Crippen molar-refractivity contribution in [2.24, 2.45) is 0 Å². The molecule has 2 aromatic rings. The molecular weight excluding hydrogens is 332 g/mol. The molecule has 0 aliphatic carbocycles. The smallest absolute Gasteiger partial charge is 0.247 e. The van der Waals surface area contributed by atoms with Gasteiger partial charge in [-0.25, -0.2) is 8.78 Å². The highest BCUT2D eigenvalue weighted by molar-refractivity contribution is 5.79. The quantitative estimate of drug-likeness (QED) is 0.847. The second-order valence-corrected chi connectivity index (χ2v) is 6.22. The number of carbonyl (C=O) groups excluding carboxylic acids is 1. The molecule has 2 heterocycles. The Labute approximate surface area is 143 Å². The van der Waals surface area contributed by atoms with E-state index >= 15 is 0 Å². The molecule has 0 radical (unpaired) electrons. The summed E-state index contributed by atoms with van der Waals surface area (Å²) in [6, 6.07) is 3.81. The average Bonchev–Trinajstić information content (AvgIpc) is 3.09. The van der Waals surface area contributed by atoms with E-state index < -0.39 is 17.7 Å². The fourth-order valence-electron chi connectivity index (χ4n) is 2.59. The van der Waals surface area contributed by atoms with E-state index in [1.165, 1.54) is 17.0 Å². The van der Waals surface area contributed by atoms with Crippen LogP contribution in [0.15, 0.2) is 22.6 Å². The number of hydrogen-bond acceptors (Lipinski definition) is 5. The van der Waals surface area contributed by atoms with Crippen molar-refractivity contribution in [1.82, 2.24) is 15.1 Å². The van der Waals surface area contributed by atoms with Gasteiger partial charge in [-0.2, -0.15) is 0 Å². The Morgan fingerprint density at radius 3 is 2.88 bits per heavy atom. The molecular formula is C17H19F2N3O3. The number of aromatic nitrogens is 2. The first-order chi connectivity index (χ1) is 12.0. The van der Waals surface area contributed by atoms with Gasteiger partial charge in [-0.15, -0.1) is 10.2 Å². The Bertz CT molecular complexity index is 763. The third-order valence-corrected chi connectivity index (χ3v) is 4.02. The van der Waals surface area contributed by atoms with Gasteiger partial charge in [0.1, 0.15) is 0 Å². The van der Waals surface area contributed by atoms with E-state index in [9.17, 15) is 13.6 Å². The maximum Gasteiger partial charge on any atom is 0.247 e. The van der Waals surface area contributed by atoms with Gasteiger partial charge in [-0.05, 0) is 6.07 Å². The Morgan fingerprint density at radius 1 is 1.36 bits per heavy atom. The minimum Gasteiger partial charge on any atom is -0.422 e. The zero-order chi connectivity index (χ0) is 18.0. The van der Waals surface area contributed by atoms with E-state index in [1.54, 1.807) is 0 Å². The molecule has 1 saturated heterocycles. The van der Waals surface area contributed by atoms with Crippen LogP contribution in [-0.2, 0) is 16.0 Å². The first-order valence-corrected chi connectivity index (χ1v) is 8.11. The highest BCUT2D eigenvalue weighted by Gasteiger charge is 2.30.